The van der Waals surface area contributed by atoms with Crippen LogP contribution in [0.2, 0.25) is 0 Å². The summed E-state index contributed by atoms with van der Waals surface area (Å²) in [6.07, 6.45) is 0. The first-order valence-corrected chi connectivity index (χ1v) is 6.66. The van der Waals surface area contributed by atoms with Crippen molar-refractivity contribution in [3.05, 3.63) is 28.2 Å². The number of nitrogens with two attached hydrogens (primary N) is 1. The van der Waals surface area contributed by atoms with Gasteiger partial charge in [-0.05, 0) is 23.6 Å². The van der Waals surface area contributed by atoms with Crippen molar-refractivity contribution in [1.29, 1.82) is 0 Å². The molecule has 0 aromatic heterocycles. The number of rotatable bonds is 6. The van der Waals surface area contributed by atoms with Crippen LogP contribution in [0.1, 0.15) is 19.4 Å². The molecule has 0 aliphatic heterocycles. The number of benzene rings is 1. The fourth-order valence-corrected chi connectivity index (χ4v) is 2.24. The number of anilines is 1. The Morgan fingerprint density at radius 3 is 2.61 bits per heavy atom. The number of primary amides is 1. The third kappa shape index (κ3) is 4.31. The number of carbonyl (C=O) groups is 1. The van der Waals surface area contributed by atoms with Crippen molar-refractivity contribution in [3.63, 3.8) is 0 Å². The third-order valence-electron chi connectivity index (χ3n) is 2.50. The standard InChI is InChI=1S/C13H19BrN2O2/c1-9(2)6-16(7-13(15)18)11-4-3-10(8-17)12(14)5-11/h3-5,9,17H,6-8H2,1-2H3,(H2,15,18). The topological polar surface area (TPSA) is 66.6 Å². The molecule has 0 fully saturated rings. The molecule has 0 bridgehead atoms. The van der Waals surface area contributed by atoms with Crippen LogP contribution in [0.4, 0.5) is 5.69 Å². The molecule has 0 aliphatic carbocycles. The lowest BCUT2D eigenvalue weighted by Gasteiger charge is -2.25. The summed E-state index contributed by atoms with van der Waals surface area (Å²) in [6.45, 7) is 5.12. The predicted octanol–water partition coefficient (Wildman–Crippen LogP) is 1.89. The molecular formula is C13H19BrN2O2. The summed E-state index contributed by atoms with van der Waals surface area (Å²) in [6, 6.07) is 5.63. The van der Waals surface area contributed by atoms with Gasteiger partial charge in [0.15, 0.2) is 0 Å². The Morgan fingerprint density at radius 1 is 1.50 bits per heavy atom. The van der Waals surface area contributed by atoms with Gasteiger partial charge in [0.05, 0.1) is 13.2 Å². The number of amides is 1. The molecule has 0 spiro atoms. The Bertz CT molecular complexity index is 421. The molecule has 18 heavy (non-hydrogen) atoms. The highest BCUT2D eigenvalue weighted by Crippen LogP contribution is 2.24. The number of hydrogen-bond acceptors (Lipinski definition) is 3. The predicted molar refractivity (Wildman–Crippen MR) is 76.3 cm³/mol. The summed E-state index contributed by atoms with van der Waals surface area (Å²) in [7, 11) is 0. The van der Waals surface area contributed by atoms with Gasteiger partial charge in [-0.25, -0.2) is 0 Å². The van der Waals surface area contributed by atoms with E-state index in [0.717, 1.165) is 22.3 Å². The van der Waals surface area contributed by atoms with E-state index in [-0.39, 0.29) is 19.1 Å². The Labute approximate surface area is 116 Å². The molecule has 0 heterocycles. The summed E-state index contributed by atoms with van der Waals surface area (Å²) in [5.74, 6) is 0.0821. The highest BCUT2D eigenvalue weighted by Gasteiger charge is 2.12. The van der Waals surface area contributed by atoms with Crippen molar-refractivity contribution >= 4 is 27.5 Å². The molecule has 0 atom stereocenters. The van der Waals surface area contributed by atoms with Crippen LogP contribution in [0.3, 0.4) is 0 Å². The van der Waals surface area contributed by atoms with Gasteiger partial charge < -0.3 is 15.7 Å². The maximum atomic E-state index is 11.1. The summed E-state index contributed by atoms with van der Waals surface area (Å²) in [5, 5.41) is 9.12. The Balaban J connectivity index is 2.97. The lowest BCUT2D eigenvalue weighted by atomic mass is 10.1. The van der Waals surface area contributed by atoms with E-state index in [2.05, 4.69) is 29.8 Å². The minimum atomic E-state index is -0.349. The highest BCUT2D eigenvalue weighted by molar-refractivity contribution is 9.10. The number of nitrogens with zero attached hydrogens (tertiary/aromatic N) is 1. The van der Waals surface area contributed by atoms with E-state index in [0.29, 0.717) is 5.92 Å². The van der Waals surface area contributed by atoms with Gasteiger partial charge in [-0.2, -0.15) is 0 Å². The SMILES string of the molecule is CC(C)CN(CC(N)=O)c1ccc(CO)c(Br)c1. The second kappa shape index (κ2) is 6.75. The normalized spacial score (nSPS) is 10.7. The summed E-state index contributed by atoms with van der Waals surface area (Å²) in [4.78, 5) is 13.0. The van der Waals surface area contributed by atoms with Crippen molar-refractivity contribution in [2.45, 2.75) is 20.5 Å². The van der Waals surface area contributed by atoms with E-state index in [1.54, 1.807) is 0 Å². The van der Waals surface area contributed by atoms with Gasteiger partial charge in [-0.3, -0.25) is 4.79 Å². The summed E-state index contributed by atoms with van der Waals surface area (Å²) < 4.78 is 0.834. The van der Waals surface area contributed by atoms with E-state index in [1.807, 2.05) is 23.1 Å². The molecule has 0 aliphatic rings. The Hall–Kier alpha value is -1.07. The zero-order chi connectivity index (χ0) is 13.7. The maximum absolute atomic E-state index is 11.1. The van der Waals surface area contributed by atoms with Gasteiger partial charge in [0.2, 0.25) is 5.91 Å². The van der Waals surface area contributed by atoms with Gasteiger partial charge in [-0.1, -0.05) is 35.8 Å². The van der Waals surface area contributed by atoms with Crippen LogP contribution in [-0.2, 0) is 11.4 Å². The van der Waals surface area contributed by atoms with E-state index >= 15 is 0 Å². The van der Waals surface area contributed by atoms with Crippen LogP contribution in [0.15, 0.2) is 22.7 Å². The van der Waals surface area contributed by atoms with E-state index in [9.17, 15) is 4.79 Å². The first-order chi connectivity index (χ1) is 8.43. The first-order valence-electron chi connectivity index (χ1n) is 5.86. The summed E-state index contributed by atoms with van der Waals surface area (Å²) in [5.41, 5.74) is 7.01. The molecule has 3 N–H and O–H groups in total. The molecule has 5 heteroatoms. The van der Waals surface area contributed by atoms with Crippen LogP contribution in [0, 0.1) is 5.92 Å². The fourth-order valence-electron chi connectivity index (χ4n) is 1.75. The zero-order valence-corrected chi connectivity index (χ0v) is 12.3. The van der Waals surface area contributed by atoms with Crippen LogP contribution in [-0.4, -0.2) is 24.1 Å². The maximum Gasteiger partial charge on any atom is 0.236 e. The van der Waals surface area contributed by atoms with Crippen molar-refractivity contribution < 1.29 is 9.90 Å². The minimum absolute atomic E-state index is 0.0130. The molecule has 0 saturated carbocycles. The molecule has 1 aromatic carbocycles. The van der Waals surface area contributed by atoms with Crippen molar-refractivity contribution in [2.24, 2.45) is 11.7 Å². The lowest BCUT2D eigenvalue weighted by molar-refractivity contribution is -0.116. The molecule has 1 rings (SSSR count). The fraction of sp³-hybridized carbons (Fsp3) is 0.462. The van der Waals surface area contributed by atoms with Crippen molar-refractivity contribution in [1.82, 2.24) is 0 Å². The van der Waals surface area contributed by atoms with E-state index in [1.165, 1.54) is 0 Å². The van der Waals surface area contributed by atoms with Gasteiger partial charge in [-0.15, -0.1) is 0 Å². The van der Waals surface area contributed by atoms with Gasteiger partial charge in [0, 0.05) is 16.7 Å². The Morgan fingerprint density at radius 2 is 2.17 bits per heavy atom. The van der Waals surface area contributed by atoms with Gasteiger partial charge in [0.1, 0.15) is 0 Å². The first kappa shape index (κ1) is 15.0. The molecule has 1 aromatic rings. The average Bonchev–Trinajstić information content (AvgIpc) is 2.26. The van der Waals surface area contributed by atoms with E-state index in [4.69, 9.17) is 10.8 Å². The van der Waals surface area contributed by atoms with Gasteiger partial charge >= 0.3 is 0 Å². The number of hydrogen-bond donors (Lipinski definition) is 2. The average molecular weight is 315 g/mol. The van der Waals surface area contributed by atoms with Crippen molar-refractivity contribution in [2.75, 3.05) is 18.0 Å². The second-order valence-electron chi connectivity index (χ2n) is 4.67. The number of halogens is 1. The van der Waals surface area contributed by atoms with Crippen molar-refractivity contribution in [3.8, 4) is 0 Å². The molecule has 0 unspecified atom stereocenters. The monoisotopic (exact) mass is 314 g/mol. The second-order valence-corrected chi connectivity index (χ2v) is 5.53. The number of carbonyl (C=O) groups excluding carboxylic acids is 1. The zero-order valence-electron chi connectivity index (χ0n) is 10.7. The van der Waals surface area contributed by atoms with Crippen LogP contribution in [0.25, 0.3) is 0 Å². The van der Waals surface area contributed by atoms with E-state index < -0.39 is 0 Å². The highest BCUT2D eigenvalue weighted by atomic mass is 79.9. The van der Waals surface area contributed by atoms with Crippen LogP contribution in [0.5, 0.6) is 0 Å². The molecule has 0 radical (unpaired) electrons. The molecule has 0 saturated heterocycles. The van der Waals surface area contributed by atoms with Crippen LogP contribution < -0.4 is 10.6 Å². The van der Waals surface area contributed by atoms with Crippen LogP contribution >= 0.6 is 15.9 Å². The third-order valence-corrected chi connectivity index (χ3v) is 3.24. The lowest BCUT2D eigenvalue weighted by Crippen LogP contribution is -2.36. The molecule has 4 nitrogen and oxygen atoms in total. The minimum Gasteiger partial charge on any atom is -0.392 e. The molecule has 100 valence electrons. The largest absolute Gasteiger partial charge is 0.392 e. The quantitative estimate of drug-likeness (QED) is 0.842. The van der Waals surface area contributed by atoms with Gasteiger partial charge in [0.25, 0.3) is 0 Å². The molecule has 1 amide bonds. The summed E-state index contributed by atoms with van der Waals surface area (Å²) >= 11 is 3.41. The Kier molecular flexibility index (Phi) is 5.62. The molecular weight excluding hydrogens is 296 g/mol. The number of aliphatic hydroxyl groups excluding tert-OH is 1. The number of aliphatic hydroxyl groups is 1. The smallest absolute Gasteiger partial charge is 0.236 e.